The minimum Gasteiger partial charge on any atom is -0.491 e. The van der Waals surface area contributed by atoms with E-state index in [4.69, 9.17) is 54.0 Å². The smallest absolute Gasteiger partial charge is 0.249 e. The average molecular weight is 593 g/mol. The topological polar surface area (TPSA) is 122 Å². The quantitative estimate of drug-likeness (QED) is 0.223. The van der Waals surface area contributed by atoms with Crippen LogP contribution in [0.2, 0.25) is 15.1 Å². The molecular weight excluding hydrogens is 572 g/mol. The predicted octanol–water partition coefficient (Wildman–Crippen LogP) is 6.60. The molecule has 1 atom stereocenters. The summed E-state index contributed by atoms with van der Waals surface area (Å²) in [5.74, 6) is -0.261. The monoisotopic (exact) mass is 591 g/mol. The van der Waals surface area contributed by atoms with Crippen LogP contribution in [0, 0.1) is 17.1 Å². The van der Waals surface area contributed by atoms with Gasteiger partial charge < -0.3 is 24.1 Å². The first-order valence-electron chi connectivity index (χ1n) is 11.5. The van der Waals surface area contributed by atoms with E-state index in [-0.39, 0.29) is 62.5 Å². The van der Waals surface area contributed by atoms with Gasteiger partial charge in [-0.25, -0.2) is 4.39 Å². The fourth-order valence-electron chi connectivity index (χ4n) is 3.34. The number of nitrogens with zero attached hydrogens (tertiary/aromatic N) is 3. The van der Waals surface area contributed by atoms with E-state index in [0.717, 1.165) is 0 Å². The molecule has 0 saturated heterocycles. The van der Waals surface area contributed by atoms with Crippen LogP contribution < -0.4 is 9.47 Å². The molecular formula is C27H21Cl3FN3O5. The number of halogens is 4. The Bertz CT molecular complexity index is 1550. The molecule has 4 aromatic rings. The Labute approximate surface area is 238 Å². The van der Waals surface area contributed by atoms with E-state index in [9.17, 15) is 10.2 Å². The lowest BCUT2D eigenvalue weighted by Crippen LogP contribution is -2.40. The summed E-state index contributed by atoms with van der Waals surface area (Å²) >= 11 is 18.6. The van der Waals surface area contributed by atoms with Gasteiger partial charge in [0.05, 0.1) is 39.3 Å². The lowest BCUT2D eigenvalue weighted by atomic mass is 10.0. The second kappa shape index (κ2) is 11.8. The number of ether oxygens (including phenoxy) is 2. The first-order chi connectivity index (χ1) is 18.4. The van der Waals surface area contributed by atoms with Crippen molar-refractivity contribution < 1.29 is 28.5 Å². The van der Waals surface area contributed by atoms with Gasteiger partial charge in [0.1, 0.15) is 24.2 Å². The zero-order valence-corrected chi connectivity index (χ0v) is 22.9. The van der Waals surface area contributed by atoms with Crippen LogP contribution in [0.5, 0.6) is 17.2 Å². The molecule has 0 fully saturated rings. The third-order valence-corrected chi connectivity index (χ3v) is 6.38. The summed E-state index contributed by atoms with van der Waals surface area (Å²) in [4.78, 5) is 0. The zero-order valence-electron chi connectivity index (χ0n) is 20.6. The lowest BCUT2D eigenvalue weighted by molar-refractivity contribution is -0.0661. The van der Waals surface area contributed by atoms with Crippen molar-refractivity contribution >= 4 is 34.8 Å². The maximum absolute atomic E-state index is 15.4. The molecule has 1 aromatic heterocycles. The van der Waals surface area contributed by atoms with Gasteiger partial charge in [-0.3, -0.25) is 0 Å². The van der Waals surface area contributed by atoms with Crippen molar-refractivity contribution in [3.63, 3.8) is 0 Å². The van der Waals surface area contributed by atoms with Crippen LogP contribution in [0.25, 0.3) is 11.5 Å². The van der Waals surface area contributed by atoms with Crippen molar-refractivity contribution in [2.24, 2.45) is 0 Å². The number of benzene rings is 3. The van der Waals surface area contributed by atoms with Crippen LogP contribution in [0.15, 0.2) is 52.9 Å². The van der Waals surface area contributed by atoms with Gasteiger partial charge >= 0.3 is 0 Å². The number of rotatable bonds is 9. The van der Waals surface area contributed by atoms with Crippen molar-refractivity contribution in [2.45, 2.75) is 32.0 Å². The maximum Gasteiger partial charge on any atom is 0.249 e. The van der Waals surface area contributed by atoms with Crippen LogP contribution in [0.1, 0.15) is 30.9 Å². The molecule has 12 heteroatoms. The van der Waals surface area contributed by atoms with Gasteiger partial charge in [0.25, 0.3) is 0 Å². The molecule has 0 radical (unpaired) electrons. The van der Waals surface area contributed by atoms with Gasteiger partial charge in [-0.05, 0) is 56.3 Å². The molecule has 1 unspecified atom stereocenters. The van der Waals surface area contributed by atoms with Crippen LogP contribution >= 0.6 is 34.8 Å². The Morgan fingerprint density at radius 2 is 1.82 bits per heavy atom. The van der Waals surface area contributed by atoms with E-state index < -0.39 is 17.5 Å². The third-order valence-electron chi connectivity index (χ3n) is 5.55. The van der Waals surface area contributed by atoms with Crippen LogP contribution in [-0.2, 0) is 6.42 Å². The summed E-state index contributed by atoms with van der Waals surface area (Å²) in [5, 5.41) is 37.4. The highest BCUT2D eigenvalue weighted by molar-refractivity contribution is 6.33. The normalized spacial score (nSPS) is 12.2. The largest absolute Gasteiger partial charge is 0.491 e. The van der Waals surface area contributed by atoms with Crippen LogP contribution in [-0.4, -0.2) is 38.7 Å². The molecule has 0 amide bonds. The highest BCUT2D eigenvalue weighted by Gasteiger charge is 2.25. The summed E-state index contributed by atoms with van der Waals surface area (Å²) in [6.07, 6.45) is -1.17. The molecule has 1 heterocycles. The molecule has 202 valence electrons. The van der Waals surface area contributed by atoms with Crippen molar-refractivity contribution in [1.82, 2.24) is 10.2 Å². The minimum atomic E-state index is -1.32. The molecule has 0 aliphatic heterocycles. The summed E-state index contributed by atoms with van der Waals surface area (Å²) in [7, 11) is 0. The fourth-order valence-corrected chi connectivity index (χ4v) is 4.00. The van der Waals surface area contributed by atoms with Gasteiger partial charge in [0.2, 0.25) is 11.8 Å². The highest BCUT2D eigenvalue weighted by Crippen LogP contribution is 2.36. The number of hydrogen-bond donors (Lipinski definition) is 2. The molecule has 0 saturated carbocycles. The van der Waals surface area contributed by atoms with Gasteiger partial charge in [-0.2, -0.15) is 5.26 Å². The van der Waals surface area contributed by atoms with Crippen molar-refractivity contribution in [3.8, 4) is 34.8 Å². The van der Waals surface area contributed by atoms with E-state index in [1.807, 2.05) is 6.07 Å². The Kier molecular flexibility index (Phi) is 8.64. The molecule has 8 nitrogen and oxygen atoms in total. The number of aliphatic hydroxyl groups excluding tert-OH is 1. The van der Waals surface area contributed by atoms with Crippen LogP contribution in [0.3, 0.4) is 0 Å². The maximum atomic E-state index is 15.4. The van der Waals surface area contributed by atoms with Gasteiger partial charge in [0, 0.05) is 10.6 Å². The SMILES string of the molecule is CC(C)(O)C(O)COc1ccc(-c2nnc(Cc3ccc(Cl)c(Oc4cc(Cl)cc(C#N)c4)c3F)o2)c(Cl)c1. The average Bonchev–Trinajstić information content (AvgIpc) is 3.34. The molecule has 0 aliphatic carbocycles. The molecule has 39 heavy (non-hydrogen) atoms. The molecule has 2 N–H and O–H groups in total. The summed E-state index contributed by atoms with van der Waals surface area (Å²) < 4.78 is 32.2. The number of hydrogen-bond acceptors (Lipinski definition) is 8. The number of aliphatic hydroxyl groups is 2. The summed E-state index contributed by atoms with van der Waals surface area (Å²) in [6.45, 7) is 2.80. The first-order valence-corrected chi connectivity index (χ1v) is 12.6. The van der Waals surface area contributed by atoms with Gasteiger partial charge in [0.15, 0.2) is 11.6 Å². The van der Waals surface area contributed by atoms with E-state index >= 15 is 4.39 Å². The Hall–Kier alpha value is -3.39. The molecule has 4 rings (SSSR count). The fraction of sp³-hybridized carbons (Fsp3) is 0.222. The Morgan fingerprint density at radius 3 is 2.51 bits per heavy atom. The van der Waals surface area contributed by atoms with Crippen LogP contribution in [0.4, 0.5) is 4.39 Å². The number of aromatic nitrogens is 2. The van der Waals surface area contributed by atoms with Crippen molar-refractivity contribution in [1.29, 1.82) is 5.26 Å². The molecule has 3 aromatic carbocycles. The third kappa shape index (κ3) is 6.98. The Morgan fingerprint density at radius 1 is 1.05 bits per heavy atom. The number of nitriles is 1. The predicted molar refractivity (Wildman–Crippen MR) is 143 cm³/mol. The minimum absolute atomic E-state index is 0.0186. The first kappa shape index (κ1) is 28.6. The molecule has 0 spiro atoms. The highest BCUT2D eigenvalue weighted by atomic mass is 35.5. The second-order valence-corrected chi connectivity index (χ2v) is 10.3. The van der Waals surface area contributed by atoms with Gasteiger partial charge in [-0.15, -0.1) is 10.2 Å². The van der Waals surface area contributed by atoms with E-state index in [2.05, 4.69) is 10.2 Å². The Balaban J connectivity index is 1.51. The standard InChI is InChI=1S/C27H21Cl3FN3O5/c1-27(2,36)22(35)13-37-17-4-5-19(21(30)11-17)26-34-33-23(39-26)9-15-3-6-20(29)25(24(15)31)38-18-8-14(12-32)7-16(28)10-18/h3-8,10-11,22,35-36H,9,13H2,1-2H3. The second-order valence-electron chi connectivity index (χ2n) is 9.04. The van der Waals surface area contributed by atoms with Crippen molar-refractivity contribution in [2.75, 3.05) is 6.61 Å². The van der Waals surface area contributed by atoms with E-state index in [1.165, 1.54) is 50.2 Å². The summed E-state index contributed by atoms with van der Waals surface area (Å²) in [5.41, 5.74) is -0.488. The molecule has 0 aliphatic rings. The summed E-state index contributed by atoms with van der Waals surface area (Å²) in [6, 6.07) is 13.9. The lowest BCUT2D eigenvalue weighted by Gasteiger charge is -2.24. The van der Waals surface area contributed by atoms with E-state index in [0.29, 0.717) is 11.3 Å². The molecule has 0 bridgehead atoms. The van der Waals surface area contributed by atoms with Crippen molar-refractivity contribution in [3.05, 3.63) is 86.4 Å². The van der Waals surface area contributed by atoms with E-state index in [1.54, 1.807) is 12.1 Å². The zero-order chi connectivity index (χ0) is 28.3. The van der Waals surface area contributed by atoms with Gasteiger partial charge in [-0.1, -0.05) is 40.9 Å².